The van der Waals surface area contributed by atoms with Crippen LogP contribution in [0.1, 0.15) is 5.56 Å². The van der Waals surface area contributed by atoms with Crippen LogP contribution in [0.5, 0.6) is 0 Å². The largest absolute Gasteiger partial charge is 0.468 e. The number of rotatable bonds is 6. The Hall–Kier alpha value is -3.22. The number of ether oxygens (including phenoxy) is 1. The summed E-state index contributed by atoms with van der Waals surface area (Å²) in [6.07, 6.45) is 0.185. The zero-order valence-electron chi connectivity index (χ0n) is 16.4. The van der Waals surface area contributed by atoms with Crippen LogP contribution in [0, 0.1) is 0 Å². The lowest BCUT2D eigenvalue weighted by Gasteiger charge is -2.17. The lowest BCUT2D eigenvalue weighted by molar-refractivity contribution is -0.142. The monoisotopic (exact) mass is 419 g/mol. The number of methoxy groups -OCH3 is 1. The molecule has 0 aliphatic heterocycles. The number of carbonyl (C=O) groups excluding carboxylic acids is 1. The maximum absolute atomic E-state index is 13.0. The second-order valence-electron chi connectivity index (χ2n) is 7.09. The Balaban J connectivity index is 1.63. The van der Waals surface area contributed by atoms with Crippen molar-refractivity contribution in [3.63, 3.8) is 0 Å². The standard InChI is InChI=1S/C24H21NO4S/c1-29-24(26)23(15-17-10-11-18-6-2-4-8-20(18)14-17)25-30(27,28)22-13-12-19-7-3-5-9-21(19)16-22/h2-14,16,23,25H,15H2,1H3/t23-/m0/s1. The van der Waals surface area contributed by atoms with Gasteiger partial charge in [-0.25, -0.2) is 8.42 Å². The van der Waals surface area contributed by atoms with Crippen molar-refractivity contribution >= 4 is 37.5 Å². The molecule has 0 aliphatic rings. The third kappa shape index (κ3) is 4.20. The first kappa shape index (κ1) is 20.1. The van der Waals surface area contributed by atoms with Crippen LogP contribution in [-0.4, -0.2) is 27.5 Å². The molecule has 0 fully saturated rings. The molecule has 30 heavy (non-hydrogen) atoms. The number of nitrogens with one attached hydrogen (secondary N) is 1. The number of carbonyl (C=O) groups is 1. The topological polar surface area (TPSA) is 72.5 Å². The van der Waals surface area contributed by atoms with Crippen LogP contribution in [0.2, 0.25) is 0 Å². The molecule has 1 N–H and O–H groups in total. The van der Waals surface area contributed by atoms with Gasteiger partial charge >= 0.3 is 5.97 Å². The summed E-state index contributed by atoms with van der Waals surface area (Å²) in [5.41, 5.74) is 0.838. The van der Waals surface area contributed by atoms with Crippen molar-refractivity contribution in [2.24, 2.45) is 0 Å². The number of hydrogen-bond donors (Lipinski definition) is 1. The van der Waals surface area contributed by atoms with E-state index in [2.05, 4.69) is 4.72 Å². The first-order valence-corrected chi connectivity index (χ1v) is 11.0. The molecule has 4 aromatic rings. The van der Waals surface area contributed by atoms with Gasteiger partial charge in [0.2, 0.25) is 10.0 Å². The molecule has 0 saturated carbocycles. The molecular formula is C24H21NO4S. The molecule has 0 aromatic heterocycles. The first-order chi connectivity index (χ1) is 14.5. The van der Waals surface area contributed by atoms with Gasteiger partial charge in [0.15, 0.2) is 0 Å². The predicted octanol–water partition coefficient (Wildman–Crippen LogP) is 4.06. The third-order valence-electron chi connectivity index (χ3n) is 5.07. The van der Waals surface area contributed by atoms with E-state index in [4.69, 9.17) is 4.74 Å². The van der Waals surface area contributed by atoms with Crippen LogP contribution >= 0.6 is 0 Å². The Labute approximate surface area is 175 Å². The van der Waals surface area contributed by atoms with Gasteiger partial charge in [-0.2, -0.15) is 4.72 Å². The van der Waals surface area contributed by atoms with Crippen LogP contribution < -0.4 is 4.72 Å². The van der Waals surface area contributed by atoms with Crippen molar-refractivity contribution in [1.29, 1.82) is 0 Å². The molecule has 0 radical (unpaired) electrons. The molecular weight excluding hydrogens is 398 g/mol. The fourth-order valence-corrected chi connectivity index (χ4v) is 4.73. The molecule has 1 atom stereocenters. The summed E-state index contributed by atoms with van der Waals surface area (Å²) in [5, 5.41) is 3.85. The molecule has 0 amide bonds. The van der Waals surface area contributed by atoms with E-state index in [1.54, 1.807) is 12.1 Å². The van der Waals surface area contributed by atoms with E-state index >= 15 is 0 Å². The molecule has 6 heteroatoms. The minimum atomic E-state index is -3.92. The van der Waals surface area contributed by atoms with E-state index in [1.807, 2.05) is 66.7 Å². The number of fused-ring (bicyclic) bond motifs is 2. The number of esters is 1. The average Bonchev–Trinajstić information content (AvgIpc) is 2.77. The molecule has 4 aromatic carbocycles. The maximum Gasteiger partial charge on any atom is 0.324 e. The van der Waals surface area contributed by atoms with Gasteiger partial charge < -0.3 is 4.74 Å². The van der Waals surface area contributed by atoms with Gasteiger partial charge in [-0.05, 0) is 45.7 Å². The lowest BCUT2D eigenvalue weighted by atomic mass is 10.0. The summed E-state index contributed by atoms with van der Waals surface area (Å²) in [5.74, 6) is -0.632. The van der Waals surface area contributed by atoms with Gasteiger partial charge in [-0.3, -0.25) is 4.79 Å². The van der Waals surface area contributed by atoms with Crippen LogP contribution in [-0.2, 0) is 26.0 Å². The van der Waals surface area contributed by atoms with Crippen LogP contribution in [0.25, 0.3) is 21.5 Å². The van der Waals surface area contributed by atoms with Gasteiger partial charge in [0.05, 0.1) is 12.0 Å². The van der Waals surface area contributed by atoms with E-state index in [-0.39, 0.29) is 11.3 Å². The normalized spacial score (nSPS) is 12.7. The third-order valence-corrected chi connectivity index (χ3v) is 6.54. The van der Waals surface area contributed by atoms with Crippen molar-refractivity contribution in [3.05, 3.63) is 90.5 Å². The van der Waals surface area contributed by atoms with E-state index in [9.17, 15) is 13.2 Å². The fraction of sp³-hybridized carbons (Fsp3) is 0.125. The zero-order chi connectivity index (χ0) is 21.1. The molecule has 5 nitrogen and oxygen atoms in total. The van der Waals surface area contributed by atoms with Crippen molar-refractivity contribution < 1.29 is 17.9 Å². The highest BCUT2D eigenvalue weighted by molar-refractivity contribution is 7.89. The molecule has 0 spiro atoms. The second-order valence-corrected chi connectivity index (χ2v) is 8.81. The highest BCUT2D eigenvalue weighted by atomic mass is 32.2. The number of hydrogen-bond acceptors (Lipinski definition) is 4. The quantitative estimate of drug-likeness (QED) is 0.479. The minimum Gasteiger partial charge on any atom is -0.468 e. The second kappa shape index (κ2) is 8.26. The summed E-state index contributed by atoms with van der Waals surface area (Å²) in [6, 6.07) is 25.0. The summed E-state index contributed by atoms with van der Waals surface area (Å²) in [7, 11) is -2.67. The van der Waals surface area contributed by atoms with Gasteiger partial charge in [0.25, 0.3) is 0 Å². The molecule has 0 bridgehead atoms. The Kier molecular flexibility index (Phi) is 5.53. The van der Waals surface area contributed by atoms with E-state index in [0.717, 1.165) is 27.1 Å². The highest BCUT2D eigenvalue weighted by Crippen LogP contribution is 2.21. The fourth-order valence-electron chi connectivity index (χ4n) is 3.51. The van der Waals surface area contributed by atoms with Gasteiger partial charge in [-0.1, -0.05) is 72.8 Å². The van der Waals surface area contributed by atoms with E-state index in [0.29, 0.717) is 0 Å². The van der Waals surface area contributed by atoms with Crippen molar-refractivity contribution in [2.45, 2.75) is 17.4 Å². The van der Waals surface area contributed by atoms with Gasteiger partial charge in [-0.15, -0.1) is 0 Å². The maximum atomic E-state index is 13.0. The smallest absolute Gasteiger partial charge is 0.324 e. The SMILES string of the molecule is COC(=O)[C@H](Cc1ccc2ccccc2c1)NS(=O)(=O)c1ccc2ccccc2c1. The molecule has 0 unspecified atom stereocenters. The summed E-state index contributed by atoms with van der Waals surface area (Å²) < 4.78 is 33.4. The van der Waals surface area contributed by atoms with Crippen LogP contribution in [0.3, 0.4) is 0 Å². The van der Waals surface area contributed by atoms with Crippen LogP contribution in [0.15, 0.2) is 89.8 Å². The summed E-state index contributed by atoms with van der Waals surface area (Å²) >= 11 is 0. The highest BCUT2D eigenvalue weighted by Gasteiger charge is 2.27. The van der Waals surface area contributed by atoms with Gasteiger partial charge in [0.1, 0.15) is 6.04 Å². The number of benzene rings is 4. The Morgan fingerprint density at radius 3 is 2.03 bits per heavy atom. The van der Waals surface area contributed by atoms with E-state index in [1.165, 1.54) is 13.2 Å². The minimum absolute atomic E-state index is 0.105. The first-order valence-electron chi connectivity index (χ1n) is 9.53. The summed E-state index contributed by atoms with van der Waals surface area (Å²) in [6.45, 7) is 0. The van der Waals surface area contributed by atoms with Gasteiger partial charge in [0, 0.05) is 0 Å². The van der Waals surface area contributed by atoms with E-state index < -0.39 is 22.0 Å². The number of sulfonamides is 1. The molecule has 0 saturated heterocycles. The van der Waals surface area contributed by atoms with Crippen LogP contribution in [0.4, 0.5) is 0 Å². The predicted molar refractivity (Wildman–Crippen MR) is 118 cm³/mol. The van der Waals surface area contributed by atoms with Crippen molar-refractivity contribution in [2.75, 3.05) is 7.11 Å². The molecule has 0 heterocycles. The zero-order valence-corrected chi connectivity index (χ0v) is 17.2. The molecule has 0 aliphatic carbocycles. The van der Waals surface area contributed by atoms with Crippen molar-refractivity contribution in [1.82, 2.24) is 4.72 Å². The lowest BCUT2D eigenvalue weighted by Crippen LogP contribution is -2.42. The summed E-state index contributed by atoms with van der Waals surface area (Å²) in [4.78, 5) is 12.5. The molecule has 152 valence electrons. The molecule has 4 rings (SSSR count). The Morgan fingerprint density at radius 1 is 0.833 bits per heavy atom. The van der Waals surface area contributed by atoms with Crippen molar-refractivity contribution in [3.8, 4) is 0 Å². The Bertz CT molecular complexity index is 1330. The average molecular weight is 420 g/mol. The Morgan fingerprint density at radius 2 is 1.40 bits per heavy atom.